The number of hydrogen-bond acceptors (Lipinski definition) is 6. The maximum absolute atomic E-state index is 11.6. The molecule has 134 valence electrons. The van der Waals surface area contributed by atoms with E-state index >= 15 is 0 Å². The van der Waals surface area contributed by atoms with Crippen LogP contribution in [0.2, 0.25) is 0 Å². The SMILES string of the molecule is CC1(C)C=Cc2cc3c(cc2O1)O[C@@H]1[C@]2(O)C=CC(=O)C=C2OC[C@]31O. The molecule has 6 nitrogen and oxygen atoms in total. The molecule has 0 unspecified atom stereocenters. The first kappa shape index (κ1) is 15.7. The molecular weight excluding hydrogens is 336 g/mol. The Labute approximate surface area is 150 Å². The molecule has 1 aromatic carbocycles. The van der Waals surface area contributed by atoms with Crippen LogP contribution < -0.4 is 9.47 Å². The summed E-state index contributed by atoms with van der Waals surface area (Å²) in [6, 6.07) is 3.53. The van der Waals surface area contributed by atoms with Gasteiger partial charge in [0.05, 0.1) is 0 Å². The summed E-state index contributed by atoms with van der Waals surface area (Å²) in [5.74, 6) is 0.902. The monoisotopic (exact) mass is 354 g/mol. The van der Waals surface area contributed by atoms with Crippen LogP contribution in [0.15, 0.2) is 42.2 Å². The smallest absolute Gasteiger partial charge is 0.181 e. The predicted molar refractivity (Wildman–Crippen MR) is 91.6 cm³/mol. The molecule has 2 N–H and O–H groups in total. The first-order valence-corrected chi connectivity index (χ1v) is 8.48. The zero-order valence-electron chi connectivity index (χ0n) is 14.4. The Morgan fingerprint density at radius 2 is 1.92 bits per heavy atom. The molecule has 0 radical (unpaired) electrons. The molecule has 3 atom stereocenters. The fraction of sp³-hybridized carbons (Fsp3) is 0.350. The summed E-state index contributed by atoms with van der Waals surface area (Å²) in [6.07, 6.45) is 6.68. The standard InChI is InChI=1S/C20H18O6/c1-18(2)5-3-11-7-13-15(9-14(11)26-18)25-17-19(22)6-4-12(21)8-16(19)24-10-20(13,17)23/h3-9,17,22-23H,10H2,1-2H3/t17-,19+,20+/m1/s1. The lowest BCUT2D eigenvalue weighted by atomic mass is 9.76. The van der Waals surface area contributed by atoms with Gasteiger partial charge in [-0.2, -0.15) is 0 Å². The maximum atomic E-state index is 11.6. The summed E-state index contributed by atoms with van der Waals surface area (Å²) >= 11 is 0. The highest BCUT2D eigenvalue weighted by Crippen LogP contribution is 2.53. The molecular formula is C20H18O6. The number of benzene rings is 1. The van der Waals surface area contributed by atoms with Crippen LogP contribution in [0.3, 0.4) is 0 Å². The lowest BCUT2D eigenvalue weighted by Crippen LogP contribution is -2.61. The Morgan fingerprint density at radius 3 is 2.73 bits per heavy atom. The average Bonchev–Trinajstić information content (AvgIpc) is 2.87. The van der Waals surface area contributed by atoms with E-state index in [4.69, 9.17) is 14.2 Å². The molecule has 3 heterocycles. The van der Waals surface area contributed by atoms with Gasteiger partial charge < -0.3 is 24.4 Å². The second-order valence-corrected chi connectivity index (χ2v) is 7.71. The summed E-state index contributed by atoms with van der Waals surface area (Å²) in [7, 11) is 0. The summed E-state index contributed by atoms with van der Waals surface area (Å²) in [5, 5.41) is 22.4. The minimum Gasteiger partial charge on any atom is -0.491 e. The van der Waals surface area contributed by atoms with Gasteiger partial charge >= 0.3 is 0 Å². The van der Waals surface area contributed by atoms with E-state index in [9.17, 15) is 15.0 Å². The van der Waals surface area contributed by atoms with Crippen molar-refractivity contribution in [1.82, 2.24) is 0 Å². The third-order valence-corrected chi connectivity index (χ3v) is 5.31. The van der Waals surface area contributed by atoms with Gasteiger partial charge in [0.25, 0.3) is 0 Å². The Balaban J connectivity index is 1.63. The largest absolute Gasteiger partial charge is 0.491 e. The fourth-order valence-corrected chi connectivity index (χ4v) is 3.96. The second-order valence-electron chi connectivity index (χ2n) is 7.71. The summed E-state index contributed by atoms with van der Waals surface area (Å²) < 4.78 is 17.5. The minimum atomic E-state index is -1.71. The van der Waals surface area contributed by atoms with Crippen LogP contribution in [0.1, 0.15) is 25.0 Å². The van der Waals surface area contributed by atoms with Crippen LogP contribution in [0.25, 0.3) is 6.08 Å². The first-order chi connectivity index (χ1) is 12.2. The highest BCUT2D eigenvalue weighted by molar-refractivity contribution is 6.01. The van der Waals surface area contributed by atoms with E-state index in [1.807, 2.05) is 26.0 Å². The van der Waals surface area contributed by atoms with Gasteiger partial charge in [-0.15, -0.1) is 0 Å². The average molecular weight is 354 g/mol. The summed E-state index contributed by atoms with van der Waals surface area (Å²) in [5.41, 5.74) is -2.33. The summed E-state index contributed by atoms with van der Waals surface area (Å²) in [6.45, 7) is 3.78. The predicted octanol–water partition coefficient (Wildman–Crippen LogP) is 1.60. The summed E-state index contributed by atoms with van der Waals surface area (Å²) in [4.78, 5) is 11.6. The van der Waals surface area contributed by atoms with Crippen molar-refractivity contribution in [2.24, 2.45) is 0 Å². The van der Waals surface area contributed by atoms with Crippen molar-refractivity contribution in [3.8, 4) is 11.5 Å². The number of allylic oxidation sites excluding steroid dienone is 2. The van der Waals surface area contributed by atoms with Gasteiger partial charge in [0.1, 0.15) is 29.5 Å². The Hall–Kier alpha value is -2.57. The van der Waals surface area contributed by atoms with Gasteiger partial charge in [0.2, 0.25) is 0 Å². The van der Waals surface area contributed by atoms with E-state index in [0.717, 1.165) is 5.56 Å². The Morgan fingerprint density at radius 1 is 1.12 bits per heavy atom. The number of carbonyl (C=O) groups is 1. The number of rotatable bonds is 0. The van der Waals surface area contributed by atoms with Crippen molar-refractivity contribution in [1.29, 1.82) is 0 Å². The van der Waals surface area contributed by atoms with Crippen molar-refractivity contribution < 1.29 is 29.2 Å². The van der Waals surface area contributed by atoms with E-state index in [1.165, 1.54) is 18.2 Å². The van der Waals surface area contributed by atoms with Crippen molar-refractivity contribution in [2.45, 2.75) is 36.8 Å². The molecule has 0 spiro atoms. The third kappa shape index (κ3) is 1.91. The van der Waals surface area contributed by atoms with Crippen molar-refractivity contribution >= 4 is 11.9 Å². The zero-order chi connectivity index (χ0) is 18.3. The molecule has 0 saturated carbocycles. The highest BCUT2D eigenvalue weighted by Gasteiger charge is 2.63. The van der Waals surface area contributed by atoms with Crippen LogP contribution in [-0.4, -0.2) is 39.9 Å². The number of ether oxygens (including phenoxy) is 3. The van der Waals surface area contributed by atoms with Crippen LogP contribution in [0, 0.1) is 0 Å². The topological polar surface area (TPSA) is 85.2 Å². The van der Waals surface area contributed by atoms with Gasteiger partial charge in [-0.3, -0.25) is 4.79 Å². The molecule has 1 aliphatic carbocycles. The highest BCUT2D eigenvalue weighted by atomic mass is 16.6. The normalized spacial score (nSPS) is 35.2. The molecule has 0 bridgehead atoms. The molecule has 1 aromatic rings. The minimum absolute atomic E-state index is 0.0922. The molecule has 0 aromatic heterocycles. The van der Waals surface area contributed by atoms with Gasteiger partial charge in [-0.05, 0) is 38.1 Å². The van der Waals surface area contributed by atoms with Gasteiger partial charge in [0, 0.05) is 23.3 Å². The number of ketones is 1. The molecule has 26 heavy (non-hydrogen) atoms. The molecule has 4 aliphatic rings. The van der Waals surface area contributed by atoms with E-state index in [2.05, 4.69) is 0 Å². The lowest BCUT2D eigenvalue weighted by molar-refractivity contribution is -0.187. The van der Waals surface area contributed by atoms with Gasteiger partial charge in [0.15, 0.2) is 23.1 Å². The number of hydrogen-bond donors (Lipinski definition) is 2. The first-order valence-electron chi connectivity index (χ1n) is 8.48. The number of carbonyl (C=O) groups excluding carboxylic acids is 1. The van der Waals surface area contributed by atoms with Crippen molar-refractivity contribution in [2.75, 3.05) is 6.61 Å². The fourth-order valence-electron chi connectivity index (χ4n) is 3.96. The number of fused-ring (bicyclic) bond motifs is 6. The van der Waals surface area contributed by atoms with E-state index < -0.39 is 22.9 Å². The second kappa shape index (κ2) is 4.58. The van der Waals surface area contributed by atoms with E-state index in [-0.39, 0.29) is 18.1 Å². The molecule has 1 saturated heterocycles. The Bertz CT molecular complexity index is 940. The molecule has 5 rings (SSSR count). The molecule has 1 fully saturated rings. The number of aliphatic hydroxyl groups is 2. The molecule has 0 amide bonds. The molecule has 3 aliphatic heterocycles. The van der Waals surface area contributed by atoms with Gasteiger partial charge in [-0.1, -0.05) is 6.08 Å². The third-order valence-electron chi connectivity index (χ3n) is 5.31. The quantitative estimate of drug-likeness (QED) is 0.736. The van der Waals surface area contributed by atoms with Crippen LogP contribution in [-0.2, 0) is 15.1 Å². The van der Waals surface area contributed by atoms with Crippen LogP contribution >= 0.6 is 0 Å². The lowest BCUT2D eigenvalue weighted by Gasteiger charge is -2.45. The van der Waals surface area contributed by atoms with Crippen LogP contribution in [0.5, 0.6) is 11.5 Å². The zero-order valence-corrected chi connectivity index (χ0v) is 14.4. The Kier molecular flexibility index (Phi) is 2.76. The van der Waals surface area contributed by atoms with Crippen molar-refractivity contribution in [3.63, 3.8) is 0 Å². The molecule has 6 heteroatoms. The van der Waals surface area contributed by atoms with E-state index in [0.29, 0.717) is 17.1 Å². The van der Waals surface area contributed by atoms with Gasteiger partial charge in [-0.25, -0.2) is 0 Å². The van der Waals surface area contributed by atoms with Crippen molar-refractivity contribution in [3.05, 3.63) is 53.3 Å². The van der Waals surface area contributed by atoms with E-state index in [1.54, 1.807) is 12.1 Å². The maximum Gasteiger partial charge on any atom is 0.181 e. The van der Waals surface area contributed by atoms with Crippen LogP contribution in [0.4, 0.5) is 0 Å².